The van der Waals surface area contributed by atoms with Crippen molar-refractivity contribution in [2.75, 3.05) is 25.1 Å². The molecule has 4 heteroatoms. The van der Waals surface area contributed by atoms with E-state index >= 15 is 0 Å². The average molecular weight is 245 g/mol. The van der Waals surface area contributed by atoms with Crippen LogP contribution in [0.3, 0.4) is 0 Å². The SMILES string of the molecule is CN(CCCCCO)c1nncc2ccccc12. The van der Waals surface area contributed by atoms with Gasteiger partial charge in [0.2, 0.25) is 0 Å². The first-order valence-electron chi connectivity index (χ1n) is 6.35. The lowest BCUT2D eigenvalue weighted by atomic mass is 10.2. The molecule has 1 heterocycles. The predicted molar refractivity (Wildman–Crippen MR) is 73.7 cm³/mol. The highest BCUT2D eigenvalue weighted by Crippen LogP contribution is 2.22. The highest BCUT2D eigenvalue weighted by Gasteiger charge is 2.07. The fourth-order valence-corrected chi connectivity index (χ4v) is 2.04. The maximum absolute atomic E-state index is 8.75. The monoisotopic (exact) mass is 245 g/mol. The van der Waals surface area contributed by atoms with E-state index in [-0.39, 0.29) is 6.61 Å². The Morgan fingerprint density at radius 1 is 1.17 bits per heavy atom. The van der Waals surface area contributed by atoms with Gasteiger partial charge in [-0.1, -0.05) is 24.3 Å². The lowest BCUT2D eigenvalue weighted by Gasteiger charge is -2.18. The number of aliphatic hydroxyl groups excluding tert-OH is 1. The van der Waals surface area contributed by atoms with E-state index in [1.165, 1.54) is 0 Å². The maximum atomic E-state index is 8.75. The molecule has 1 aromatic carbocycles. The van der Waals surface area contributed by atoms with Crippen LogP contribution in [0.25, 0.3) is 10.8 Å². The lowest BCUT2D eigenvalue weighted by Crippen LogP contribution is -2.20. The molecule has 0 saturated carbocycles. The first kappa shape index (κ1) is 12.8. The van der Waals surface area contributed by atoms with Gasteiger partial charge in [0.25, 0.3) is 0 Å². The number of unbranched alkanes of at least 4 members (excludes halogenated alkanes) is 2. The molecule has 96 valence electrons. The molecule has 0 aliphatic heterocycles. The molecule has 1 aromatic heterocycles. The van der Waals surface area contributed by atoms with Crippen LogP contribution in [-0.2, 0) is 0 Å². The fraction of sp³-hybridized carbons (Fsp3) is 0.429. The number of hydrogen-bond donors (Lipinski definition) is 1. The summed E-state index contributed by atoms with van der Waals surface area (Å²) in [4.78, 5) is 2.13. The summed E-state index contributed by atoms with van der Waals surface area (Å²) in [5.41, 5.74) is 0. The van der Waals surface area contributed by atoms with Crippen molar-refractivity contribution in [3.05, 3.63) is 30.5 Å². The van der Waals surface area contributed by atoms with E-state index in [0.29, 0.717) is 0 Å². The van der Waals surface area contributed by atoms with Gasteiger partial charge in [-0.2, -0.15) is 5.10 Å². The van der Waals surface area contributed by atoms with Crippen LogP contribution in [-0.4, -0.2) is 35.5 Å². The van der Waals surface area contributed by atoms with Gasteiger partial charge >= 0.3 is 0 Å². The van der Waals surface area contributed by atoms with E-state index in [1.807, 2.05) is 25.2 Å². The number of nitrogens with zero attached hydrogens (tertiary/aromatic N) is 3. The quantitative estimate of drug-likeness (QED) is 0.793. The van der Waals surface area contributed by atoms with Crippen LogP contribution in [0.5, 0.6) is 0 Å². The second kappa shape index (κ2) is 6.31. The summed E-state index contributed by atoms with van der Waals surface area (Å²) in [6.45, 7) is 1.21. The number of rotatable bonds is 6. The van der Waals surface area contributed by atoms with Gasteiger partial charge in [0.1, 0.15) is 0 Å². The number of aromatic nitrogens is 2. The van der Waals surface area contributed by atoms with Gasteiger partial charge < -0.3 is 10.0 Å². The maximum Gasteiger partial charge on any atom is 0.158 e. The van der Waals surface area contributed by atoms with Crippen molar-refractivity contribution < 1.29 is 5.11 Å². The number of fused-ring (bicyclic) bond motifs is 1. The van der Waals surface area contributed by atoms with E-state index in [0.717, 1.165) is 42.4 Å². The Kier molecular flexibility index (Phi) is 4.47. The second-order valence-electron chi connectivity index (χ2n) is 4.46. The normalized spacial score (nSPS) is 10.8. The van der Waals surface area contributed by atoms with Gasteiger partial charge in [-0.05, 0) is 19.3 Å². The van der Waals surface area contributed by atoms with Gasteiger partial charge in [0, 0.05) is 31.0 Å². The van der Waals surface area contributed by atoms with Crippen molar-refractivity contribution in [2.45, 2.75) is 19.3 Å². The van der Waals surface area contributed by atoms with E-state index in [9.17, 15) is 0 Å². The minimum atomic E-state index is 0.276. The van der Waals surface area contributed by atoms with Crippen molar-refractivity contribution >= 4 is 16.6 Å². The molecule has 0 amide bonds. The zero-order chi connectivity index (χ0) is 12.8. The Morgan fingerprint density at radius 2 is 2.00 bits per heavy atom. The van der Waals surface area contributed by atoms with E-state index in [1.54, 1.807) is 6.20 Å². The van der Waals surface area contributed by atoms with E-state index in [4.69, 9.17) is 5.11 Å². The first-order valence-corrected chi connectivity index (χ1v) is 6.35. The van der Waals surface area contributed by atoms with Crippen LogP contribution in [0.15, 0.2) is 30.5 Å². The number of anilines is 1. The topological polar surface area (TPSA) is 49.2 Å². The molecule has 2 aromatic rings. The molecule has 0 aliphatic rings. The zero-order valence-corrected chi connectivity index (χ0v) is 10.7. The molecule has 0 aliphatic carbocycles. The summed E-state index contributed by atoms with van der Waals surface area (Å²) < 4.78 is 0. The Labute approximate surface area is 107 Å². The lowest BCUT2D eigenvalue weighted by molar-refractivity contribution is 0.283. The average Bonchev–Trinajstić information content (AvgIpc) is 2.43. The highest BCUT2D eigenvalue weighted by atomic mass is 16.2. The summed E-state index contributed by atoms with van der Waals surface area (Å²) >= 11 is 0. The molecule has 0 fully saturated rings. The Morgan fingerprint density at radius 3 is 2.83 bits per heavy atom. The molecule has 0 spiro atoms. The fourth-order valence-electron chi connectivity index (χ4n) is 2.04. The van der Waals surface area contributed by atoms with Crippen LogP contribution in [0, 0.1) is 0 Å². The highest BCUT2D eigenvalue weighted by molar-refractivity contribution is 5.91. The van der Waals surface area contributed by atoms with Crippen LogP contribution >= 0.6 is 0 Å². The number of benzene rings is 1. The van der Waals surface area contributed by atoms with Gasteiger partial charge in [0.15, 0.2) is 5.82 Å². The smallest absolute Gasteiger partial charge is 0.158 e. The van der Waals surface area contributed by atoms with E-state index < -0.39 is 0 Å². The molecule has 0 unspecified atom stereocenters. The molecule has 0 saturated heterocycles. The molecule has 0 radical (unpaired) electrons. The van der Waals surface area contributed by atoms with Gasteiger partial charge in [-0.15, -0.1) is 5.10 Å². The van der Waals surface area contributed by atoms with Crippen molar-refractivity contribution in [2.24, 2.45) is 0 Å². The van der Waals surface area contributed by atoms with Crippen molar-refractivity contribution in [3.8, 4) is 0 Å². The van der Waals surface area contributed by atoms with Crippen molar-refractivity contribution in [3.63, 3.8) is 0 Å². The predicted octanol–water partition coefficient (Wildman–Crippen LogP) is 2.23. The van der Waals surface area contributed by atoms with Gasteiger partial charge in [0.05, 0.1) is 6.20 Å². The minimum Gasteiger partial charge on any atom is -0.396 e. The molecular formula is C14H19N3O. The van der Waals surface area contributed by atoms with E-state index in [2.05, 4.69) is 21.2 Å². The molecule has 0 bridgehead atoms. The Bertz CT molecular complexity index is 496. The molecule has 18 heavy (non-hydrogen) atoms. The van der Waals surface area contributed by atoms with Crippen LogP contribution in [0.2, 0.25) is 0 Å². The van der Waals surface area contributed by atoms with Crippen molar-refractivity contribution in [1.29, 1.82) is 0 Å². The number of aliphatic hydroxyl groups is 1. The first-order chi connectivity index (χ1) is 8.83. The Balaban J connectivity index is 2.10. The van der Waals surface area contributed by atoms with Crippen LogP contribution in [0.1, 0.15) is 19.3 Å². The molecule has 0 atom stereocenters. The van der Waals surface area contributed by atoms with Gasteiger partial charge in [-0.3, -0.25) is 0 Å². The minimum absolute atomic E-state index is 0.276. The third-order valence-corrected chi connectivity index (χ3v) is 3.06. The van der Waals surface area contributed by atoms with Crippen LogP contribution in [0.4, 0.5) is 5.82 Å². The summed E-state index contributed by atoms with van der Waals surface area (Å²) in [6, 6.07) is 8.15. The third kappa shape index (κ3) is 2.96. The standard InChI is InChI=1S/C14H19N3O/c1-17(9-5-2-6-10-18)14-13-8-4-3-7-12(13)11-15-16-14/h3-4,7-8,11,18H,2,5-6,9-10H2,1H3. The molecule has 2 rings (SSSR count). The van der Waals surface area contributed by atoms with Crippen LogP contribution < -0.4 is 4.90 Å². The summed E-state index contributed by atoms with van der Waals surface area (Å²) in [6.07, 6.45) is 4.76. The molecule has 1 N–H and O–H groups in total. The summed E-state index contributed by atoms with van der Waals surface area (Å²) in [5, 5.41) is 19.3. The zero-order valence-electron chi connectivity index (χ0n) is 10.7. The summed E-state index contributed by atoms with van der Waals surface area (Å²) in [7, 11) is 2.04. The largest absolute Gasteiger partial charge is 0.396 e. The van der Waals surface area contributed by atoms with Gasteiger partial charge in [-0.25, -0.2) is 0 Å². The summed E-state index contributed by atoms with van der Waals surface area (Å²) in [5.74, 6) is 0.928. The molecular weight excluding hydrogens is 226 g/mol. The van der Waals surface area contributed by atoms with Crippen molar-refractivity contribution in [1.82, 2.24) is 10.2 Å². The third-order valence-electron chi connectivity index (χ3n) is 3.06. The number of hydrogen-bond acceptors (Lipinski definition) is 4. The second-order valence-corrected chi connectivity index (χ2v) is 4.46. The molecule has 4 nitrogen and oxygen atoms in total. The Hall–Kier alpha value is -1.68.